The summed E-state index contributed by atoms with van der Waals surface area (Å²) in [5, 5.41) is 0. The molecule has 0 N–H and O–H groups in total. The lowest BCUT2D eigenvalue weighted by Crippen LogP contribution is -2.06. The Morgan fingerprint density at radius 1 is 1.50 bits per heavy atom. The molecule has 1 aromatic carbocycles. The monoisotopic (exact) mass is 189 g/mol. The van der Waals surface area contributed by atoms with E-state index in [-0.39, 0.29) is 11.9 Å². The number of fused-ring (bicyclic) bond motifs is 1. The van der Waals surface area contributed by atoms with Gasteiger partial charge in [-0.15, -0.1) is 0 Å². The largest absolute Gasteiger partial charge is 0.443 e. The number of hydrogen-bond acceptors (Lipinski definition) is 4. The van der Waals surface area contributed by atoms with Crippen LogP contribution in [0, 0.1) is 0 Å². The second kappa shape index (κ2) is 2.65. The maximum atomic E-state index is 11.6. The molecule has 2 aromatic rings. The van der Waals surface area contributed by atoms with Gasteiger partial charge < -0.3 is 9.15 Å². The van der Waals surface area contributed by atoms with Gasteiger partial charge in [-0.1, -0.05) is 0 Å². The van der Waals surface area contributed by atoms with E-state index in [4.69, 9.17) is 9.15 Å². The summed E-state index contributed by atoms with van der Waals surface area (Å²) >= 11 is 0. The molecule has 1 aliphatic rings. The maximum absolute atomic E-state index is 11.6. The van der Waals surface area contributed by atoms with E-state index < -0.39 is 0 Å². The molecule has 0 saturated carbocycles. The summed E-state index contributed by atoms with van der Waals surface area (Å²) < 4.78 is 10.0. The van der Waals surface area contributed by atoms with Gasteiger partial charge in [0.05, 0.1) is 6.61 Å². The van der Waals surface area contributed by atoms with Crippen LogP contribution in [0.15, 0.2) is 29.0 Å². The molecule has 2 heterocycles. The van der Waals surface area contributed by atoms with Gasteiger partial charge in [-0.05, 0) is 18.2 Å². The number of oxazole rings is 1. The van der Waals surface area contributed by atoms with Crippen molar-refractivity contribution in [2.75, 3.05) is 6.61 Å². The zero-order valence-corrected chi connectivity index (χ0v) is 7.27. The number of carbonyl (C=O) groups is 1. The van der Waals surface area contributed by atoms with Crippen molar-refractivity contribution in [1.82, 2.24) is 4.98 Å². The van der Waals surface area contributed by atoms with Crippen LogP contribution in [0.2, 0.25) is 0 Å². The van der Waals surface area contributed by atoms with Gasteiger partial charge in [-0.2, -0.15) is 0 Å². The summed E-state index contributed by atoms with van der Waals surface area (Å²) in [6.45, 7) is 0.535. The van der Waals surface area contributed by atoms with Crippen LogP contribution >= 0.6 is 0 Å². The SMILES string of the molecule is O=C(c1ccc2ncoc2c1)C1CO1. The number of carbonyl (C=O) groups excluding carboxylic acids is 1. The first-order valence-electron chi connectivity index (χ1n) is 4.34. The number of ketones is 1. The molecule has 1 fully saturated rings. The van der Waals surface area contributed by atoms with Gasteiger partial charge >= 0.3 is 0 Å². The third-order valence-corrected chi connectivity index (χ3v) is 2.24. The molecule has 1 atom stereocenters. The molecule has 0 radical (unpaired) electrons. The Morgan fingerprint density at radius 3 is 3.14 bits per heavy atom. The highest BCUT2D eigenvalue weighted by atomic mass is 16.6. The molecule has 0 aliphatic carbocycles. The summed E-state index contributed by atoms with van der Waals surface area (Å²) in [6, 6.07) is 5.22. The molecule has 1 aliphatic heterocycles. The molecule has 14 heavy (non-hydrogen) atoms. The summed E-state index contributed by atoms with van der Waals surface area (Å²) in [5.41, 5.74) is 2.02. The van der Waals surface area contributed by atoms with Crippen molar-refractivity contribution < 1.29 is 13.9 Å². The Bertz CT molecular complexity index is 499. The van der Waals surface area contributed by atoms with Crippen LogP contribution in [0.1, 0.15) is 10.4 Å². The molecule has 4 nitrogen and oxygen atoms in total. The first-order chi connectivity index (χ1) is 6.84. The molecular formula is C10H7NO3. The van der Waals surface area contributed by atoms with Crippen LogP contribution in [-0.4, -0.2) is 23.5 Å². The first kappa shape index (κ1) is 7.70. The lowest BCUT2D eigenvalue weighted by Gasteiger charge is -1.95. The van der Waals surface area contributed by atoms with Crippen molar-refractivity contribution in [2.45, 2.75) is 6.10 Å². The van der Waals surface area contributed by atoms with Crippen molar-refractivity contribution in [1.29, 1.82) is 0 Å². The number of epoxide rings is 1. The predicted molar refractivity (Wildman–Crippen MR) is 48.1 cm³/mol. The topological polar surface area (TPSA) is 55.6 Å². The predicted octanol–water partition coefficient (Wildman–Crippen LogP) is 1.41. The molecule has 1 unspecified atom stereocenters. The average Bonchev–Trinajstić information content (AvgIpc) is 2.95. The van der Waals surface area contributed by atoms with Gasteiger partial charge in [0.25, 0.3) is 0 Å². The molecule has 0 bridgehead atoms. The van der Waals surface area contributed by atoms with Crippen LogP contribution in [0.4, 0.5) is 0 Å². The van der Waals surface area contributed by atoms with E-state index in [0.29, 0.717) is 17.8 Å². The zero-order chi connectivity index (χ0) is 9.54. The zero-order valence-electron chi connectivity index (χ0n) is 7.27. The van der Waals surface area contributed by atoms with E-state index in [9.17, 15) is 4.79 Å². The number of ether oxygens (including phenoxy) is 1. The average molecular weight is 189 g/mol. The Hall–Kier alpha value is -1.68. The number of rotatable bonds is 2. The van der Waals surface area contributed by atoms with Gasteiger partial charge in [0.1, 0.15) is 11.6 Å². The van der Waals surface area contributed by atoms with Crippen molar-refractivity contribution in [2.24, 2.45) is 0 Å². The van der Waals surface area contributed by atoms with Crippen molar-refractivity contribution in [3.63, 3.8) is 0 Å². The van der Waals surface area contributed by atoms with E-state index in [1.165, 1.54) is 6.39 Å². The second-order valence-corrected chi connectivity index (χ2v) is 3.22. The van der Waals surface area contributed by atoms with Gasteiger partial charge in [0.2, 0.25) is 0 Å². The second-order valence-electron chi connectivity index (χ2n) is 3.22. The summed E-state index contributed by atoms with van der Waals surface area (Å²) in [7, 11) is 0. The fourth-order valence-electron chi connectivity index (χ4n) is 1.39. The smallest absolute Gasteiger partial charge is 0.194 e. The third-order valence-electron chi connectivity index (χ3n) is 2.24. The number of nitrogens with zero attached hydrogens (tertiary/aromatic N) is 1. The Labute approximate surface area is 79.5 Å². The van der Waals surface area contributed by atoms with Gasteiger partial charge in [-0.3, -0.25) is 4.79 Å². The molecule has 4 heteroatoms. The van der Waals surface area contributed by atoms with Crippen LogP contribution in [-0.2, 0) is 4.74 Å². The molecule has 1 aromatic heterocycles. The molecule has 0 amide bonds. The van der Waals surface area contributed by atoms with E-state index in [2.05, 4.69) is 4.98 Å². The van der Waals surface area contributed by atoms with Crippen molar-refractivity contribution >= 4 is 16.9 Å². The minimum absolute atomic E-state index is 0.0169. The molecular weight excluding hydrogens is 182 g/mol. The van der Waals surface area contributed by atoms with Crippen molar-refractivity contribution in [3.8, 4) is 0 Å². The van der Waals surface area contributed by atoms with Crippen LogP contribution in [0.3, 0.4) is 0 Å². The Morgan fingerprint density at radius 2 is 2.36 bits per heavy atom. The van der Waals surface area contributed by atoms with Crippen LogP contribution < -0.4 is 0 Å². The highest BCUT2D eigenvalue weighted by molar-refractivity contribution is 6.02. The quantitative estimate of drug-likeness (QED) is 0.529. The minimum Gasteiger partial charge on any atom is -0.443 e. The van der Waals surface area contributed by atoms with E-state index in [1.54, 1.807) is 18.2 Å². The molecule has 70 valence electrons. The Kier molecular flexibility index (Phi) is 1.46. The highest BCUT2D eigenvalue weighted by Crippen LogP contribution is 2.20. The Balaban J connectivity index is 2.07. The fraction of sp³-hybridized carbons (Fsp3) is 0.200. The van der Waals surface area contributed by atoms with Crippen LogP contribution in [0.25, 0.3) is 11.1 Å². The van der Waals surface area contributed by atoms with E-state index in [0.717, 1.165) is 5.52 Å². The summed E-state index contributed by atoms with van der Waals surface area (Å²) in [5.74, 6) is 0.0169. The number of hydrogen-bond donors (Lipinski definition) is 0. The van der Waals surface area contributed by atoms with E-state index in [1.807, 2.05) is 0 Å². The molecule has 1 saturated heterocycles. The number of benzene rings is 1. The van der Waals surface area contributed by atoms with E-state index >= 15 is 0 Å². The van der Waals surface area contributed by atoms with Gasteiger partial charge in [0.15, 0.2) is 17.8 Å². The summed E-state index contributed by atoms with van der Waals surface area (Å²) in [6.07, 6.45) is 1.13. The third kappa shape index (κ3) is 1.12. The first-order valence-corrected chi connectivity index (χ1v) is 4.34. The lowest BCUT2D eigenvalue weighted by molar-refractivity contribution is 0.0953. The van der Waals surface area contributed by atoms with Crippen molar-refractivity contribution in [3.05, 3.63) is 30.2 Å². The molecule has 0 spiro atoms. The normalized spacial score (nSPS) is 19.9. The van der Waals surface area contributed by atoms with Crippen LogP contribution in [0.5, 0.6) is 0 Å². The highest BCUT2D eigenvalue weighted by Gasteiger charge is 2.32. The standard InChI is InChI=1S/C10H7NO3/c12-10(9-4-13-9)6-1-2-7-8(3-6)14-5-11-7/h1-3,5,9H,4H2. The van der Waals surface area contributed by atoms with Gasteiger partial charge in [0, 0.05) is 5.56 Å². The van der Waals surface area contributed by atoms with Gasteiger partial charge in [-0.25, -0.2) is 4.98 Å². The molecule has 3 rings (SSSR count). The minimum atomic E-state index is -0.240. The summed E-state index contributed by atoms with van der Waals surface area (Å²) in [4.78, 5) is 15.6. The number of Topliss-reactive ketones (excluding diaryl/α,β-unsaturated/α-hetero) is 1. The lowest BCUT2D eigenvalue weighted by atomic mass is 10.1. The fourth-order valence-corrected chi connectivity index (χ4v) is 1.39. The number of aromatic nitrogens is 1. The maximum Gasteiger partial charge on any atom is 0.194 e.